The molecule has 3 heterocycles. The molecule has 1 saturated carbocycles. The first kappa shape index (κ1) is 24.3. The van der Waals surface area contributed by atoms with Gasteiger partial charge in [0.05, 0.1) is 13.3 Å². The number of methoxy groups -OCH3 is 1. The van der Waals surface area contributed by atoms with Gasteiger partial charge >= 0.3 is 6.01 Å². The zero-order valence-electron chi connectivity index (χ0n) is 19.6. The maximum absolute atomic E-state index is 13.5. The average molecular weight is 524 g/mol. The minimum Gasteiger partial charge on any atom is -0.494 e. The summed E-state index contributed by atoms with van der Waals surface area (Å²) in [7, 11) is 3.01. The third-order valence-electron chi connectivity index (χ3n) is 5.38. The van der Waals surface area contributed by atoms with Gasteiger partial charge in [0.25, 0.3) is 12.3 Å². The lowest BCUT2D eigenvalue weighted by Crippen LogP contribution is -2.13. The van der Waals surface area contributed by atoms with Gasteiger partial charge in [-0.05, 0) is 48.6 Å². The topological polar surface area (TPSA) is 128 Å². The van der Waals surface area contributed by atoms with Crippen molar-refractivity contribution in [3.63, 3.8) is 0 Å². The van der Waals surface area contributed by atoms with Gasteiger partial charge in [0.2, 0.25) is 11.0 Å². The van der Waals surface area contributed by atoms with Crippen molar-refractivity contribution in [3.05, 3.63) is 46.7 Å². The van der Waals surface area contributed by atoms with E-state index in [-0.39, 0.29) is 33.9 Å². The molecule has 1 amide bonds. The fraction of sp³-hybridized carbons (Fsp3) is 0.250. The number of alkyl halides is 2. The number of pyridine rings is 1. The standard InChI is InChI=1S/C24H19F2N7O3S/c1-27-23-32-31-22(36-23)13-6-7-14(15(9-13)16-10-17(20(25)26)28-11-18(16)35-2)21(34)29-24-33-30-19(37-24)8-5-12-3-4-12/h6-7,9-12,20H,3-4H2,1-2H3,(H,27,32)(H,29,33,34). The predicted molar refractivity (Wildman–Crippen MR) is 131 cm³/mol. The molecule has 0 atom stereocenters. The first-order valence-corrected chi connectivity index (χ1v) is 11.9. The van der Waals surface area contributed by atoms with Gasteiger partial charge in [0, 0.05) is 29.7 Å². The van der Waals surface area contributed by atoms with Crippen LogP contribution in [0.25, 0.3) is 22.6 Å². The Bertz CT molecular complexity index is 1520. The van der Waals surface area contributed by atoms with E-state index < -0.39 is 18.0 Å². The average Bonchev–Trinajstić information content (AvgIpc) is 3.43. The highest BCUT2D eigenvalue weighted by Crippen LogP contribution is 2.37. The summed E-state index contributed by atoms with van der Waals surface area (Å²) < 4.78 is 37.9. The lowest BCUT2D eigenvalue weighted by Gasteiger charge is -2.14. The summed E-state index contributed by atoms with van der Waals surface area (Å²) >= 11 is 1.14. The van der Waals surface area contributed by atoms with Gasteiger partial charge in [-0.1, -0.05) is 22.4 Å². The number of benzene rings is 1. The second-order valence-corrected chi connectivity index (χ2v) is 8.92. The van der Waals surface area contributed by atoms with Crippen LogP contribution in [0.2, 0.25) is 0 Å². The van der Waals surface area contributed by atoms with E-state index >= 15 is 0 Å². The molecule has 1 aliphatic carbocycles. The van der Waals surface area contributed by atoms with Crippen molar-refractivity contribution in [3.8, 4) is 40.2 Å². The molecule has 1 aromatic carbocycles. The Hall–Kier alpha value is -4.44. The molecule has 5 rings (SSSR count). The smallest absolute Gasteiger partial charge is 0.315 e. The molecular formula is C24H19F2N7O3S. The lowest BCUT2D eigenvalue weighted by atomic mass is 9.96. The molecule has 188 valence electrons. The number of nitrogens with one attached hydrogen (secondary N) is 2. The number of aromatic nitrogens is 5. The number of hydrogen-bond donors (Lipinski definition) is 2. The summed E-state index contributed by atoms with van der Waals surface area (Å²) in [5, 5.41) is 22.0. The van der Waals surface area contributed by atoms with Crippen LogP contribution in [0.1, 0.15) is 40.3 Å². The first-order chi connectivity index (χ1) is 17.9. The molecule has 0 unspecified atom stereocenters. The van der Waals surface area contributed by atoms with Gasteiger partial charge in [0.15, 0.2) is 5.01 Å². The number of hydrogen-bond acceptors (Lipinski definition) is 10. The summed E-state index contributed by atoms with van der Waals surface area (Å²) in [6.07, 6.45) is 0.530. The van der Waals surface area contributed by atoms with Gasteiger partial charge in [0.1, 0.15) is 11.4 Å². The second kappa shape index (κ2) is 10.3. The summed E-state index contributed by atoms with van der Waals surface area (Å²) in [5.41, 5.74) is 0.694. The van der Waals surface area contributed by atoms with Crippen molar-refractivity contribution < 1.29 is 22.7 Å². The van der Waals surface area contributed by atoms with Gasteiger partial charge in [-0.3, -0.25) is 15.1 Å². The Kier molecular flexibility index (Phi) is 6.74. The van der Waals surface area contributed by atoms with Crippen molar-refractivity contribution in [2.75, 3.05) is 24.8 Å². The molecule has 10 nitrogen and oxygen atoms in total. The zero-order valence-corrected chi connectivity index (χ0v) is 20.4. The van der Waals surface area contributed by atoms with Crippen LogP contribution in [-0.2, 0) is 0 Å². The van der Waals surface area contributed by atoms with E-state index in [9.17, 15) is 13.6 Å². The fourth-order valence-corrected chi connectivity index (χ4v) is 3.97. The Labute approximate surface area is 213 Å². The van der Waals surface area contributed by atoms with Crippen molar-refractivity contribution in [2.24, 2.45) is 5.92 Å². The van der Waals surface area contributed by atoms with Crippen molar-refractivity contribution >= 4 is 28.4 Å². The first-order valence-electron chi connectivity index (χ1n) is 11.1. The zero-order chi connectivity index (χ0) is 25.9. The van der Waals surface area contributed by atoms with Gasteiger partial charge < -0.3 is 14.5 Å². The van der Waals surface area contributed by atoms with E-state index in [0.717, 1.165) is 24.2 Å². The lowest BCUT2D eigenvalue weighted by molar-refractivity contribution is 0.102. The molecule has 0 radical (unpaired) electrons. The monoisotopic (exact) mass is 523 g/mol. The van der Waals surface area contributed by atoms with E-state index in [4.69, 9.17) is 9.15 Å². The van der Waals surface area contributed by atoms with Crippen molar-refractivity contribution in [1.82, 2.24) is 25.4 Å². The number of carbonyl (C=O) groups is 1. The van der Waals surface area contributed by atoms with E-state index in [1.807, 2.05) is 0 Å². The maximum Gasteiger partial charge on any atom is 0.315 e. The van der Waals surface area contributed by atoms with Crippen LogP contribution in [0.15, 0.2) is 34.9 Å². The molecule has 37 heavy (non-hydrogen) atoms. The molecule has 0 bridgehead atoms. The van der Waals surface area contributed by atoms with E-state index in [1.54, 1.807) is 19.2 Å². The molecule has 1 fully saturated rings. The molecule has 0 aliphatic heterocycles. The van der Waals surface area contributed by atoms with Crippen LogP contribution in [0.4, 0.5) is 19.9 Å². The summed E-state index contributed by atoms with van der Waals surface area (Å²) in [5.74, 6) is 6.30. The predicted octanol–water partition coefficient (Wildman–Crippen LogP) is 4.65. The van der Waals surface area contributed by atoms with E-state index in [2.05, 4.69) is 47.9 Å². The van der Waals surface area contributed by atoms with E-state index in [0.29, 0.717) is 22.1 Å². The number of nitrogens with zero attached hydrogens (tertiary/aromatic N) is 5. The molecule has 13 heteroatoms. The number of amides is 1. The fourth-order valence-electron chi connectivity index (χ4n) is 3.37. The second-order valence-electron chi connectivity index (χ2n) is 7.94. The maximum atomic E-state index is 13.5. The molecule has 1 aliphatic rings. The molecule has 4 aromatic rings. The van der Waals surface area contributed by atoms with Gasteiger partial charge in [-0.2, -0.15) is 0 Å². The minimum atomic E-state index is -2.82. The molecule has 0 saturated heterocycles. The molecule has 3 aromatic heterocycles. The highest BCUT2D eigenvalue weighted by Gasteiger charge is 2.22. The summed E-state index contributed by atoms with van der Waals surface area (Å²) in [6, 6.07) is 6.10. The van der Waals surface area contributed by atoms with Crippen LogP contribution in [0, 0.1) is 17.8 Å². The Morgan fingerprint density at radius 2 is 2.03 bits per heavy atom. The summed E-state index contributed by atoms with van der Waals surface area (Å²) in [6.45, 7) is 0. The number of rotatable bonds is 7. The number of carbonyl (C=O) groups excluding carboxylic acids is 1. The molecule has 0 spiro atoms. The Morgan fingerprint density at radius 1 is 1.19 bits per heavy atom. The van der Waals surface area contributed by atoms with Crippen molar-refractivity contribution in [2.45, 2.75) is 19.3 Å². The van der Waals surface area contributed by atoms with E-state index in [1.165, 1.54) is 25.4 Å². The quantitative estimate of drug-likeness (QED) is 0.333. The normalized spacial score (nSPS) is 12.7. The van der Waals surface area contributed by atoms with Gasteiger partial charge in [-0.15, -0.1) is 15.3 Å². The highest BCUT2D eigenvalue weighted by molar-refractivity contribution is 7.15. The summed E-state index contributed by atoms with van der Waals surface area (Å²) in [4.78, 5) is 17.1. The SMILES string of the molecule is CNc1nnc(-c2ccc(C(=O)Nc3nnc(C#CC4CC4)s3)c(-c3cc(C(F)F)ncc3OC)c2)o1. The van der Waals surface area contributed by atoms with Crippen LogP contribution in [0.3, 0.4) is 0 Å². The third-order valence-corrected chi connectivity index (χ3v) is 6.13. The van der Waals surface area contributed by atoms with Crippen LogP contribution in [0.5, 0.6) is 5.75 Å². The Morgan fingerprint density at radius 3 is 2.73 bits per heavy atom. The van der Waals surface area contributed by atoms with Crippen LogP contribution in [-0.4, -0.2) is 45.4 Å². The number of ether oxygens (including phenoxy) is 1. The van der Waals surface area contributed by atoms with Crippen LogP contribution < -0.4 is 15.4 Å². The van der Waals surface area contributed by atoms with Crippen molar-refractivity contribution in [1.29, 1.82) is 0 Å². The van der Waals surface area contributed by atoms with Gasteiger partial charge in [-0.25, -0.2) is 8.78 Å². The molecular weight excluding hydrogens is 504 g/mol. The number of halogens is 2. The number of anilines is 2. The largest absolute Gasteiger partial charge is 0.494 e. The third kappa shape index (κ3) is 5.39. The molecule has 2 N–H and O–H groups in total. The Balaban J connectivity index is 1.55. The highest BCUT2D eigenvalue weighted by atomic mass is 32.1. The minimum absolute atomic E-state index is 0.169. The van der Waals surface area contributed by atoms with Crippen LogP contribution >= 0.6 is 11.3 Å².